The third kappa shape index (κ3) is 4.96. The fourth-order valence-corrected chi connectivity index (χ4v) is 2.71. The minimum Gasteiger partial charge on any atom is -0.378 e. The van der Waals surface area contributed by atoms with E-state index < -0.39 is 0 Å². The minimum atomic E-state index is 0.493. The average Bonchev–Trinajstić information content (AvgIpc) is 2.37. The summed E-state index contributed by atoms with van der Waals surface area (Å²) in [6.07, 6.45) is 3.47. The van der Waals surface area contributed by atoms with Crippen LogP contribution in [0.3, 0.4) is 0 Å². The summed E-state index contributed by atoms with van der Waals surface area (Å²) >= 11 is 0. The van der Waals surface area contributed by atoms with Crippen LogP contribution >= 0.6 is 0 Å². The Hall–Kier alpha value is -0.860. The molecule has 19 heavy (non-hydrogen) atoms. The van der Waals surface area contributed by atoms with E-state index in [1.807, 2.05) is 0 Å². The predicted octanol–water partition coefficient (Wildman–Crippen LogP) is 3.19. The maximum atomic E-state index is 5.58. The fourth-order valence-electron chi connectivity index (χ4n) is 2.71. The first-order valence-corrected chi connectivity index (χ1v) is 7.55. The summed E-state index contributed by atoms with van der Waals surface area (Å²) in [6.45, 7) is 8.43. The van der Waals surface area contributed by atoms with Crippen LogP contribution < -0.4 is 5.32 Å². The molecule has 1 saturated heterocycles. The molecule has 1 aromatic carbocycles. The largest absolute Gasteiger partial charge is 0.378 e. The van der Waals surface area contributed by atoms with Gasteiger partial charge in [0.2, 0.25) is 0 Å². The zero-order valence-corrected chi connectivity index (χ0v) is 12.5. The molecule has 0 bridgehead atoms. The molecule has 0 aromatic heterocycles. The van der Waals surface area contributed by atoms with E-state index in [-0.39, 0.29) is 0 Å². The van der Waals surface area contributed by atoms with Gasteiger partial charge in [0.05, 0.1) is 13.2 Å². The Bertz CT molecular complexity index is 371. The van der Waals surface area contributed by atoms with Gasteiger partial charge in [-0.3, -0.25) is 0 Å². The van der Waals surface area contributed by atoms with E-state index >= 15 is 0 Å². The van der Waals surface area contributed by atoms with Gasteiger partial charge in [-0.05, 0) is 43.2 Å². The first kappa shape index (κ1) is 14.5. The Labute approximate surface area is 117 Å². The molecule has 1 N–H and O–H groups in total. The van der Waals surface area contributed by atoms with E-state index in [0.717, 1.165) is 32.0 Å². The second-order valence-electron chi connectivity index (χ2n) is 6.26. The lowest BCUT2D eigenvalue weighted by molar-refractivity contribution is 0.0483. The van der Waals surface area contributed by atoms with Crippen LogP contribution in [0.5, 0.6) is 0 Å². The summed E-state index contributed by atoms with van der Waals surface area (Å²) in [5, 5.41) is 3.60. The van der Waals surface area contributed by atoms with Crippen LogP contribution in [0.2, 0.25) is 0 Å². The third-order valence-corrected chi connectivity index (χ3v) is 3.66. The number of rotatable bonds is 5. The highest BCUT2D eigenvalue weighted by Crippen LogP contribution is 2.13. The standard InChI is InChI=1S/C17H27NO/c1-13(2)10-16-6-4-15(5-7-16)8-9-17-12-19-11-14(3)18-17/h4-7,13-14,17-18H,8-12H2,1-3H3. The number of ether oxygens (including phenoxy) is 1. The number of nitrogens with one attached hydrogen (secondary N) is 1. The molecule has 0 radical (unpaired) electrons. The molecule has 2 unspecified atom stereocenters. The fraction of sp³-hybridized carbons (Fsp3) is 0.647. The molecule has 2 atom stereocenters. The van der Waals surface area contributed by atoms with Crippen LogP contribution in [0.4, 0.5) is 0 Å². The van der Waals surface area contributed by atoms with Crippen molar-refractivity contribution in [1.29, 1.82) is 0 Å². The van der Waals surface area contributed by atoms with Crippen molar-refractivity contribution in [3.63, 3.8) is 0 Å². The second kappa shape index (κ2) is 7.06. The van der Waals surface area contributed by atoms with Crippen LogP contribution in [0, 0.1) is 5.92 Å². The topological polar surface area (TPSA) is 21.3 Å². The number of aryl methyl sites for hydroxylation is 1. The zero-order chi connectivity index (χ0) is 13.7. The van der Waals surface area contributed by atoms with Crippen LogP contribution in [-0.2, 0) is 17.6 Å². The van der Waals surface area contributed by atoms with Crippen LogP contribution in [0.25, 0.3) is 0 Å². The lowest BCUT2D eigenvalue weighted by atomic mass is 9.99. The SMILES string of the molecule is CC(C)Cc1ccc(CCC2COCC(C)N2)cc1. The molecule has 0 saturated carbocycles. The summed E-state index contributed by atoms with van der Waals surface area (Å²) in [5.41, 5.74) is 2.89. The first-order chi connectivity index (χ1) is 9.13. The third-order valence-electron chi connectivity index (χ3n) is 3.66. The van der Waals surface area contributed by atoms with E-state index in [1.165, 1.54) is 17.5 Å². The van der Waals surface area contributed by atoms with Gasteiger partial charge in [-0.25, -0.2) is 0 Å². The predicted molar refractivity (Wildman–Crippen MR) is 80.5 cm³/mol. The average molecular weight is 261 g/mol. The number of hydrogen-bond donors (Lipinski definition) is 1. The highest BCUT2D eigenvalue weighted by atomic mass is 16.5. The van der Waals surface area contributed by atoms with Crippen molar-refractivity contribution >= 4 is 0 Å². The van der Waals surface area contributed by atoms with E-state index in [9.17, 15) is 0 Å². The normalized spacial score (nSPS) is 23.8. The van der Waals surface area contributed by atoms with Gasteiger partial charge >= 0.3 is 0 Å². The molecular formula is C17H27NO. The van der Waals surface area contributed by atoms with Gasteiger partial charge in [0.25, 0.3) is 0 Å². The molecule has 1 fully saturated rings. The van der Waals surface area contributed by atoms with Crippen molar-refractivity contribution in [2.24, 2.45) is 5.92 Å². The van der Waals surface area contributed by atoms with Gasteiger partial charge in [-0.2, -0.15) is 0 Å². The summed E-state index contributed by atoms with van der Waals surface area (Å²) in [4.78, 5) is 0. The number of hydrogen-bond acceptors (Lipinski definition) is 2. The number of morpholine rings is 1. The van der Waals surface area contributed by atoms with Crippen molar-refractivity contribution in [3.05, 3.63) is 35.4 Å². The van der Waals surface area contributed by atoms with Crippen LogP contribution in [-0.4, -0.2) is 25.3 Å². The van der Waals surface area contributed by atoms with Gasteiger partial charge in [0, 0.05) is 12.1 Å². The summed E-state index contributed by atoms with van der Waals surface area (Å²) < 4.78 is 5.58. The van der Waals surface area contributed by atoms with Crippen molar-refractivity contribution in [1.82, 2.24) is 5.32 Å². The quantitative estimate of drug-likeness (QED) is 0.879. The van der Waals surface area contributed by atoms with E-state index in [2.05, 4.69) is 50.4 Å². The molecule has 1 heterocycles. The molecule has 0 aliphatic carbocycles. The Morgan fingerprint density at radius 2 is 1.84 bits per heavy atom. The van der Waals surface area contributed by atoms with Crippen molar-refractivity contribution in [2.45, 2.75) is 52.1 Å². The molecule has 0 spiro atoms. The Kier molecular flexibility index (Phi) is 5.41. The van der Waals surface area contributed by atoms with Crippen LogP contribution in [0.15, 0.2) is 24.3 Å². The highest BCUT2D eigenvalue weighted by Gasteiger charge is 2.17. The van der Waals surface area contributed by atoms with E-state index in [1.54, 1.807) is 0 Å². The van der Waals surface area contributed by atoms with Gasteiger partial charge in [-0.1, -0.05) is 38.1 Å². The molecule has 2 nitrogen and oxygen atoms in total. The molecule has 1 aromatic rings. The summed E-state index contributed by atoms with van der Waals surface area (Å²) in [7, 11) is 0. The Morgan fingerprint density at radius 1 is 1.16 bits per heavy atom. The lowest BCUT2D eigenvalue weighted by Gasteiger charge is -2.29. The monoisotopic (exact) mass is 261 g/mol. The lowest BCUT2D eigenvalue weighted by Crippen LogP contribution is -2.47. The highest BCUT2D eigenvalue weighted by molar-refractivity contribution is 5.23. The van der Waals surface area contributed by atoms with Crippen molar-refractivity contribution < 1.29 is 4.74 Å². The van der Waals surface area contributed by atoms with E-state index in [4.69, 9.17) is 4.74 Å². The molecule has 106 valence electrons. The first-order valence-electron chi connectivity index (χ1n) is 7.55. The smallest absolute Gasteiger partial charge is 0.0620 e. The summed E-state index contributed by atoms with van der Waals surface area (Å²) in [5.74, 6) is 0.732. The molecule has 2 rings (SSSR count). The molecular weight excluding hydrogens is 234 g/mol. The van der Waals surface area contributed by atoms with Crippen LogP contribution in [0.1, 0.15) is 38.3 Å². The number of benzene rings is 1. The van der Waals surface area contributed by atoms with Gasteiger partial charge < -0.3 is 10.1 Å². The van der Waals surface area contributed by atoms with Gasteiger partial charge in [-0.15, -0.1) is 0 Å². The maximum Gasteiger partial charge on any atom is 0.0620 e. The second-order valence-corrected chi connectivity index (χ2v) is 6.26. The van der Waals surface area contributed by atoms with Gasteiger partial charge in [0.15, 0.2) is 0 Å². The zero-order valence-electron chi connectivity index (χ0n) is 12.5. The minimum absolute atomic E-state index is 0.493. The molecule has 1 aliphatic rings. The van der Waals surface area contributed by atoms with Crippen molar-refractivity contribution in [2.75, 3.05) is 13.2 Å². The molecule has 1 aliphatic heterocycles. The molecule has 2 heteroatoms. The van der Waals surface area contributed by atoms with Gasteiger partial charge in [0.1, 0.15) is 0 Å². The Balaban J connectivity index is 1.79. The maximum absolute atomic E-state index is 5.58. The molecule has 0 amide bonds. The van der Waals surface area contributed by atoms with Crippen molar-refractivity contribution in [3.8, 4) is 0 Å². The summed E-state index contributed by atoms with van der Waals surface area (Å²) in [6, 6.07) is 10.1. The van der Waals surface area contributed by atoms with E-state index in [0.29, 0.717) is 12.1 Å². The Morgan fingerprint density at radius 3 is 2.47 bits per heavy atom.